The van der Waals surface area contributed by atoms with Crippen LogP contribution in [0.5, 0.6) is 0 Å². The molecule has 5 atom stereocenters. The highest BCUT2D eigenvalue weighted by molar-refractivity contribution is 5.91. The lowest BCUT2D eigenvalue weighted by molar-refractivity contribution is -0.275. The van der Waals surface area contributed by atoms with Crippen LogP contribution in [0.1, 0.15) is 38.0 Å². The lowest BCUT2D eigenvalue weighted by Crippen LogP contribution is -2.60. The number of ether oxygens (including phenoxy) is 4. The number of aliphatic hydroxyl groups is 1. The summed E-state index contributed by atoms with van der Waals surface area (Å²) in [5.41, 5.74) is 0.739. The Hall–Kier alpha value is -4.01. The van der Waals surface area contributed by atoms with E-state index in [-0.39, 0.29) is 16.7 Å². The molecule has 0 spiro atoms. The van der Waals surface area contributed by atoms with Gasteiger partial charge in [-0.2, -0.15) is 0 Å². The second kappa shape index (κ2) is 10.9. The van der Waals surface area contributed by atoms with Crippen LogP contribution in [0.3, 0.4) is 0 Å². The summed E-state index contributed by atoms with van der Waals surface area (Å²) in [4.78, 5) is 38.5. The zero-order chi connectivity index (χ0) is 24.8. The summed E-state index contributed by atoms with van der Waals surface area (Å²) >= 11 is 0. The molecule has 3 aromatic carbocycles. The van der Waals surface area contributed by atoms with Crippen LogP contribution in [-0.2, 0) is 18.9 Å². The number of rotatable bonds is 6. The first-order chi connectivity index (χ1) is 16.9. The van der Waals surface area contributed by atoms with Crippen LogP contribution in [0, 0.1) is 0 Å². The molecule has 180 valence electrons. The lowest BCUT2D eigenvalue weighted by Gasteiger charge is -2.42. The molecule has 8 nitrogen and oxygen atoms in total. The molecule has 1 aliphatic rings. The standard InChI is InChI=1S/C27H24O8/c1-17-21(33-24(28)18-11-5-2-6-12-18)22(34-25(29)19-13-7-3-8-14-19)23(27(31)32-17)35-26(30)20-15-9-4-10-16-20/h2-17,21-23,27,31H,1H3/t17?,21-,22-,23?,27-/m0/s1. The van der Waals surface area contributed by atoms with Gasteiger partial charge >= 0.3 is 17.9 Å². The summed E-state index contributed by atoms with van der Waals surface area (Å²) < 4.78 is 22.4. The summed E-state index contributed by atoms with van der Waals surface area (Å²) in [7, 11) is 0. The molecule has 1 N–H and O–H groups in total. The van der Waals surface area contributed by atoms with Crippen LogP contribution in [0.2, 0.25) is 0 Å². The minimum atomic E-state index is -1.63. The molecular formula is C27H24O8. The van der Waals surface area contributed by atoms with Gasteiger partial charge in [0.25, 0.3) is 0 Å². The molecule has 1 aliphatic heterocycles. The Kier molecular flexibility index (Phi) is 7.54. The number of esters is 3. The Balaban J connectivity index is 1.63. The fraction of sp³-hybridized carbons (Fsp3) is 0.222. The van der Waals surface area contributed by atoms with Crippen molar-refractivity contribution in [2.75, 3.05) is 0 Å². The van der Waals surface area contributed by atoms with Crippen LogP contribution in [0.25, 0.3) is 0 Å². The van der Waals surface area contributed by atoms with Crippen molar-refractivity contribution < 1.29 is 38.4 Å². The molecule has 0 bridgehead atoms. The highest BCUT2D eigenvalue weighted by Crippen LogP contribution is 2.29. The second-order valence-corrected chi connectivity index (χ2v) is 7.94. The Morgan fingerprint density at radius 2 is 0.943 bits per heavy atom. The maximum Gasteiger partial charge on any atom is 0.338 e. The number of hydrogen-bond acceptors (Lipinski definition) is 8. The molecule has 0 radical (unpaired) electrons. The second-order valence-electron chi connectivity index (χ2n) is 7.94. The predicted molar refractivity (Wildman–Crippen MR) is 123 cm³/mol. The third-order valence-electron chi connectivity index (χ3n) is 5.50. The van der Waals surface area contributed by atoms with Gasteiger partial charge in [0, 0.05) is 0 Å². The van der Waals surface area contributed by atoms with Gasteiger partial charge in [0.1, 0.15) is 0 Å². The average molecular weight is 476 g/mol. The van der Waals surface area contributed by atoms with Gasteiger partial charge in [-0.1, -0.05) is 54.6 Å². The number of carbonyl (C=O) groups is 3. The topological polar surface area (TPSA) is 108 Å². The summed E-state index contributed by atoms with van der Waals surface area (Å²) in [6.45, 7) is 1.56. The molecule has 1 heterocycles. The third kappa shape index (κ3) is 5.74. The van der Waals surface area contributed by atoms with Crippen LogP contribution < -0.4 is 0 Å². The van der Waals surface area contributed by atoms with Crippen molar-refractivity contribution in [3.05, 3.63) is 108 Å². The van der Waals surface area contributed by atoms with Crippen molar-refractivity contribution in [3.63, 3.8) is 0 Å². The third-order valence-corrected chi connectivity index (χ3v) is 5.50. The van der Waals surface area contributed by atoms with E-state index in [0.29, 0.717) is 0 Å². The van der Waals surface area contributed by atoms with Gasteiger partial charge in [0.05, 0.1) is 22.8 Å². The predicted octanol–water partition coefficient (Wildman–Crippen LogP) is 3.40. The first-order valence-electron chi connectivity index (χ1n) is 11.1. The summed E-state index contributed by atoms with van der Waals surface area (Å²) in [6.07, 6.45) is -6.48. The van der Waals surface area contributed by atoms with Crippen molar-refractivity contribution >= 4 is 17.9 Å². The van der Waals surface area contributed by atoms with E-state index < -0.39 is 48.6 Å². The fourth-order valence-electron chi connectivity index (χ4n) is 3.71. The van der Waals surface area contributed by atoms with E-state index in [4.69, 9.17) is 18.9 Å². The molecule has 0 aliphatic carbocycles. The normalized spacial score (nSPS) is 23.7. The highest BCUT2D eigenvalue weighted by atomic mass is 16.7. The minimum absolute atomic E-state index is 0.226. The fourth-order valence-corrected chi connectivity index (χ4v) is 3.71. The van der Waals surface area contributed by atoms with E-state index in [0.717, 1.165) is 0 Å². The van der Waals surface area contributed by atoms with Crippen molar-refractivity contribution in [3.8, 4) is 0 Å². The van der Waals surface area contributed by atoms with E-state index in [1.807, 2.05) is 0 Å². The van der Waals surface area contributed by atoms with Crippen molar-refractivity contribution in [1.29, 1.82) is 0 Å². The van der Waals surface area contributed by atoms with Gasteiger partial charge in [-0.25, -0.2) is 14.4 Å². The van der Waals surface area contributed by atoms with Gasteiger partial charge in [-0.05, 0) is 43.3 Å². The van der Waals surface area contributed by atoms with E-state index in [1.165, 1.54) is 0 Å². The molecule has 1 saturated heterocycles. The molecule has 2 unspecified atom stereocenters. The Bertz CT molecular complexity index is 1080. The molecule has 0 saturated carbocycles. The van der Waals surface area contributed by atoms with Crippen molar-refractivity contribution in [2.45, 2.75) is 37.6 Å². The van der Waals surface area contributed by atoms with Gasteiger partial charge < -0.3 is 24.1 Å². The van der Waals surface area contributed by atoms with E-state index >= 15 is 0 Å². The molecular weight excluding hydrogens is 452 g/mol. The summed E-state index contributed by atoms with van der Waals surface area (Å²) in [6, 6.07) is 24.6. The quantitative estimate of drug-likeness (QED) is 0.426. The number of benzene rings is 3. The van der Waals surface area contributed by atoms with Crippen LogP contribution in [-0.4, -0.2) is 53.7 Å². The Morgan fingerprint density at radius 3 is 1.34 bits per heavy atom. The van der Waals surface area contributed by atoms with Crippen molar-refractivity contribution in [1.82, 2.24) is 0 Å². The maximum absolute atomic E-state index is 12.9. The van der Waals surface area contributed by atoms with Crippen LogP contribution in [0.4, 0.5) is 0 Å². The maximum atomic E-state index is 12.9. The Labute approximate surface area is 202 Å². The summed E-state index contributed by atoms with van der Waals surface area (Å²) in [5.74, 6) is -2.18. The minimum Gasteiger partial charge on any atom is -0.452 e. The van der Waals surface area contributed by atoms with Gasteiger partial charge in [0.2, 0.25) is 0 Å². The van der Waals surface area contributed by atoms with E-state index in [2.05, 4.69) is 0 Å². The van der Waals surface area contributed by atoms with Crippen LogP contribution >= 0.6 is 0 Å². The van der Waals surface area contributed by atoms with Gasteiger partial charge in [-0.15, -0.1) is 0 Å². The summed E-state index contributed by atoms with van der Waals surface area (Å²) in [5, 5.41) is 10.6. The largest absolute Gasteiger partial charge is 0.452 e. The first kappa shape index (κ1) is 24.1. The average Bonchev–Trinajstić information content (AvgIpc) is 2.89. The molecule has 1 fully saturated rings. The zero-order valence-corrected chi connectivity index (χ0v) is 18.9. The zero-order valence-electron chi connectivity index (χ0n) is 18.9. The molecule has 4 rings (SSSR count). The molecule has 0 aromatic heterocycles. The van der Waals surface area contributed by atoms with Crippen molar-refractivity contribution in [2.24, 2.45) is 0 Å². The molecule has 0 amide bonds. The van der Waals surface area contributed by atoms with E-state index in [9.17, 15) is 19.5 Å². The number of aliphatic hydroxyl groups excluding tert-OH is 1. The lowest BCUT2D eigenvalue weighted by atomic mass is 9.98. The Morgan fingerprint density at radius 1 is 0.600 bits per heavy atom. The molecule has 8 heteroatoms. The van der Waals surface area contributed by atoms with Gasteiger partial charge in [0.15, 0.2) is 24.6 Å². The smallest absolute Gasteiger partial charge is 0.338 e. The molecule has 35 heavy (non-hydrogen) atoms. The SMILES string of the molecule is CC1O[C@H](O)C(OC(=O)c2ccccc2)[C@@H](OC(=O)c2ccccc2)[C@H]1OC(=O)c1ccccc1. The highest BCUT2D eigenvalue weighted by Gasteiger charge is 2.50. The van der Waals surface area contributed by atoms with Gasteiger partial charge in [-0.3, -0.25) is 0 Å². The van der Waals surface area contributed by atoms with E-state index in [1.54, 1.807) is 97.9 Å². The van der Waals surface area contributed by atoms with Crippen LogP contribution in [0.15, 0.2) is 91.0 Å². The monoisotopic (exact) mass is 476 g/mol. The number of carbonyl (C=O) groups excluding carboxylic acids is 3. The first-order valence-corrected chi connectivity index (χ1v) is 11.1. The molecule has 3 aromatic rings. The number of hydrogen-bond donors (Lipinski definition) is 1.